The minimum absolute atomic E-state index is 0.0102. The lowest BCUT2D eigenvalue weighted by molar-refractivity contribution is -0.139. The zero-order valence-corrected chi connectivity index (χ0v) is 25.2. The Morgan fingerprint density at radius 2 is 1.70 bits per heavy atom. The Morgan fingerprint density at radius 1 is 1.07 bits per heavy atom. The molecule has 0 atom stereocenters. The van der Waals surface area contributed by atoms with Crippen LogP contribution in [0, 0.1) is 17.7 Å². The van der Waals surface area contributed by atoms with Crippen LogP contribution in [-0.4, -0.2) is 69.2 Å². The van der Waals surface area contributed by atoms with Crippen molar-refractivity contribution in [2.75, 3.05) is 46.0 Å². The Bertz CT molecular complexity index is 1340. The Balaban J connectivity index is 1.80. The maximum atomic E-state index is 15.8. The monoisotopic (exact) mass is 626 g/mol. The van der Waals surface area contributed by atoms with Gasteiger partial charge in [-0.25, -0.2) is 14.2 Å². The lowest BCUT2D eigenvalue weighted by Gasteiger charge is -2.36. The second-order valence-corrected chi connectivity index (χ2v) is 11.6. The number of esters is 1. The number of hydrogen-bond donors (Lipinski definition) is 1. The van der Waals surface area contributed by atoms with Gasteiger partial charge in [-0.1, -0.05) is 6.92 Å². The lowest BCUT2D eigenvalue weighted by atomic mass is 9.82. The van der Waals surface area contributed by atoms with Gasteiger partial charge in [0.25, 0.3) is 0 Å². The number of aromatic nitrogens is 1. The molecule has 0 bridgehead atoms. The van der Waals surface area contributed by atoms with Crippen LogP contribution in [-0.2, 0) is 30.6 Å². The first-order valence-corrected chi connectivity index (χ1v) is 14.5. The minimum Gasteiger partial charge on any atom is -0.465 e. The van der Waals surface area contributed by atoms with Gasteiger partial charge in [-0.05, 0) is 56.1 Å². The molecule has 4 rings (SSSR count). The van der Waals surface area contributed by atoms with Gasteiger partial charge in [0.05, 0.1) is 44.2 Å². The van der Waals surface area contributed by atoms with E-state index in [1.54, 1.807) is 0 Å². The van der Waals surface area contributed by atoms with Crippen molar-refractivity contribution in [2.24, 2.45) is 11.8 Å². The number of aliphatic hydroxyl groups excluding tert-OH is 1. The molecule has 1 amide bonds. The fourth-order valence-electron chi connectivity index (χ4n) is 5.69. The molecule has 2 saturated carbocycles. The van der Waals surface area contributed by atoms with E-state index in [0.29, 0.717) is 31.6 Å². The number of alkyl halides is 3. The number of halogens is 4. The second kappa shape index (κ2) is 13.8. The molecule has 0 radical (unpaired) electrons. The van der Waals surface area contributed by atoms with Crippen molar-refractivity contribution in [3.05, 3.63) is 46.9 Å². The third kappa shape index (κ3) is 7.16. The van der Waals surface area contributed by atoms with Gasteiger partial charge in [0, 0.05) is 43.9 Å². The van der Waals surface area contributed by atoms with E-state index in [2.05, 4.69) is 11.9 Å². The number of carbonyl (C=O) groups excluding carboxylic acids is 2. The van der Waals surface area contributed by atoms with E-state index < -0.39 is 52.5 Å². The van der Waals surface area contributed by atoms with Gasteiger partial charge in [0.2, 0.25) is 11.8 Å². The van der Waals surface area contributed by atoms with Crippen LogP contribution in [0.4, 0.5) is 23.2 Å². The summed E-state index contributed by atoms with van der Waals surface area (Å²) in [6, 6.07) is 1.85. The third-order valence-corrected chi connectivity index (χ3v) is 8.53. The highest BCUT2D eigenvalue weighted by Crippen LogP contribution is 2.50. The van der Waals surface area contributed by atoms with Crippen LogP contribution in [0.5, 0.6) is 11.6 Å². The number of anilines is 1. The van der Waals surface area contributed by atoms with Crippen LogP contribution in [0.3, 0.4) is 0 Å². The molecule has 242 valence electrons. The normalized spacial score (nSPS) is 19.5. The van der Waals surface area contributed by atoms with Gasteiger partial charge in [0.1, 0.15) is 5.56 Å². The van der Waals surface area contributed by atoms with Crippen LogP contribution in [0.15, 0.2) is 24.4 Å². The number of aliphatic hydroxyl groups is 1. The summed E-state index contributed by atoms with van der Waals surface area (Å²) < 4.78 is 79.0. The molecule has 1 aromatic carbocycles. The quantitative estimate of drug-likeness (QED) is 0.238. The molecule has 1 heterocycles. The molecular formula is C31H38F4N2O7. The summed E-state index contributed by atoms with van der Waals surface area (Å²) in [7, 11) is 3.94. The number of benzene rings is 1. The summed E-state index contributed by atoms with van der Waals surface area (Å²) in [6.07, 6.45) is 0.0850. The number of amides is 1. The Kier molecular flexibility index (Phi) is 10.5. The van der Waals surface area contributed by atoms with Gasteiger partial charge < -0.3 is 29.0 Å². The summed E-state index contributed by atoms with van der Waals surface area (Å²) in [5.74, 6) is -4.07. The van der Waals surface area contributed by atoms with Gasteiger partial charge in [-0.15, -0.1) is 0 Å². The molecule has 44 heavy (non-hydrogen) atoms. The molecule has 9 nitrogen and oxygen atoms in total. The summed E-state index contributed by atoms with van der Waals surface area (Å²) in [4.78, 5) is 32.1. The highest BCUT2D eigenvalue weighted by Gasteiger charge is 2.46. The molecular weight excluding hydrogens is 588 g/mol. The molecule has 2 aromatic rings. The predicted molar refractivity (Wildman–Crippen MR) is 151 cm³/mol. The topological polar surface area (TPSA) is 107 Å². The van der Waals surface area contributed by atoms with E-state index in [1.807, 2.05) is 0 Å². The lowest BCUT2D eigenvalue weighted by Crippen LogP contribution is -2.49. The van der Waals surface area contributed by atoms with Crippen LogP contribution in [0.25, 0.3) is 0 Å². The molecule has 1 N–H and O–H groups in total. The van der Waals surface area contributed by atoms with E-state index in [9.17, 15) is 27.9 Å². The molecule has 0 saturated heterocycles. The third-order valence-electron chi connectivity index (χ3n) is 8.53. The molecule has 2 aliphatic rings. The Labute approximate surface area is 253 Å². The predicted octanol–water partition coefficient (Wildman–Crippen LogP) is 5.66. The van der Waals surface area contributed by atoms with E-state index >= 15 is 4.39 Å². The molecule has 13 heteroatoms. The van der Waals surface area contributed by atoms with Gasteiger partial charge in [-0.2, -0.15) is 13.2 Å². The van der Waals surface area contributed by atoms with Crippen LogP contribution < -0.4 is 9.64 Å². The molecule has 0 aliphatic heterocycles. The number of pyridine rings is 1. The van der Waals surface area contributed by atoms with Crippen molar-refractivity contribution in [2.45, 2.75) is 63.1 Å². The van der Waals surface area contributed by atoms with E-state index in [4.69, 9.17) is 18.9 Å². The maximum absolute atomic E-state index is 15.8. The Morgan fingerprint density at radius 3 is 2.23 bits per heavy atom. The standard InChI is InChI=1S/C31H38F4N2O7/c1-18-5-7-19(8-6-18)28(39)37(21(15-41-2)16-42-3)25-13-24(32)26(12-22(25)29(40)43-4)44-27-23(31(33,34)35)11-20(14-36-27)30(17-38)9-10-30/h11-14,18-19,21,38H,5-10,15-17H2,1-4H3/t18-,19-. The first kappa shape index (κ1) is 33.6. The molecule has 0 unspecified atom stereocenters. The molecule has 2 fully saturated rings. The SMILES string of the molecule is COCC(COC)N(c1cc(F)c(Oc2ncc(C3(CO)CC3)cc2C(F)(F)F)cc1C(=O)OC)C(=O)[C@H]1CC[C@H](C)CC1. The number of methoxy groups -OCH3 is 3. The van der Waals surface area contributed by atoms with Crippen LogP contribution in [0.1, 0.15) is 66.9 Å². The number of carbonyl (C=O) groups is 2. The Hall–Kier alpha value is -3.29. The summed E-state index contributed by atoms with van der Waals surface area (Å²) in [5, 5.41) is 9.68. The number of rotatable bonds is 12. The zero-order valence-electron chi connectivity index (χ0n) is 25.2. The fourth-order valence-corrected chi connectivity index (χ4v) is 5.69. The van der Waals surface area contributed by atoms with Crippen molar-refractivity contribution < 1.29 is 51.2 Å². The first-order chi connectivity index (χ1) is 20.9. The molecule has 1 aromatic heterocycles. The smallest absolute Gasteiger partial charge is 0.421 e. The summed E-state index contributed by atoms with van der Waals surface area (Å²) in [5.41, 5.74) is -2.33. The van der Waals surface area contributed by atoms with Crippen molar-refractivity contribution in [3.8, 4) is 11.6 Å². The maximum Gasteiger partial charge on any atom is 0.421 e. The number of ether oxygens (including phenoxy) is 4. The van der Waals surface area contributed by atoms with Gasteiger partial charge in [0.15, 0.2) is 11.6 Å². The highest BCUT2D eigenvalue weighted by molar-refractivity contribution is 6.04. The van der Waals surface area contributed by atoms with Gasteiger partial charge >= 0.3 is 12.1 Å². The van der Waals surface area contributed by atoms with E-state index in [-0.39, 0.29) is 42.5 Å². The highest BCUT2D eigenvalue weighted by atomic mass is 19.4. The summed E-state index contributed by atoms with van der Waals surface area (Å²) in [6.45, 7) is 1.74. The fraction of sp³-hybridized carbons (Fsp3) is 0.581. The summed E-state index contributed by atoms with van der Waals surface area (Å²) >= 11 is 0. The van der Waals surface area contributed by atoms with Crippen molar-refractivity contribution in [3.63, 3.8) is 0 Å². The van der Waals surface area contributed by atoms with Crippen molar-refractivity contribution in [1.29, 1.82) is 0 Å². The number of nitrogens with zero attached hydrogens (tertiary/aromatic N) is 2. The van der Waals surface area contributed by atoms with Crippen LogP contribution in [0.2, 0.25) is 0 Å². The average molecular weight is 627 g/mol. The van der Waals surface area contributed by atoms with E-state index in [0.717, 1.165) is 44.3 Å². The van der Waals surface area contributed by atoms with Crippen molar-refractivity contribution >= 4 is 17.6 Å². The van der Waals surface area contributed by atoms with E-state index in [1.165, 1.54) is 19.1 Å². The van der Waals surface area contributed by atoms with Crippen LogP contribution >= 0.6 is 0 Å². The van der Waals surface area contributed by atoms with Gasteiger partial charge in [-0.3, -0.25) is 4.79 Å². The second-order valence-electron chi connectivity index (χ2n) is 11.6. The molecule has 2 aliphatic carbocycles. The van der Waals surface area contributed by atoms with Crippen molar-refractivity contribution in [1.82, 2.24) is 4.98 Å². The average Bonchev–Trinajstić information content (AvgIpc) is 3.79. The largest absolute Gasteiger partial charge is 0.465 e. The molecule has 0 spiro atoms. The minimum atomic E-state index is -4.92. The number of hydrogen-bond acceptors (Lipinski definition) is 8. The first-order valence-electron chi connectivity index (χ1n) is 14.5. The zero-order chi connectivity index (χ0) is 32.2.